The van der Waals surface area contributed by atoms with Gasteiger partial charge in [0, 0.05) is 26.8 Å². The molecule has 0 bridgehead atoms. The summed E-state index contributed by atoms with van der Waals surface area (Å²) in [5.74, 6) is 0. The van der Waals surface area contributed by atoms with Crippen LogP contribution in [0.4, 0.5) is 11.4 Å². The van der Waals surface area contributed by atoms with Crippen molar-refractivity contribution in [3.63, 3.8) is 0 Å². The fourth-order valence-electron chi connectivity index (χ4n) is 3.43. The minimum atomic E-state index is 1.17. The fourth-order valence-corrected chi connectivity index (χ4v) is 4.76. The SMILES string of the molecule is CSc1cc(SC)c(N=C2CCCC2)c(C)c1N=C1CCCC1. The summed E-state index contributed by atoms with van der Waals surface area (Å²) in [5.41, 5.74) is 6.36. The zero-order valence-corrected chi connectivity index (χ0v) is 16.1. The van der Waals surface area contributed by atoms with Crippen LogP contribution in [0.5, 0.6) is 0 Å². The molecule has 1 aromatic rings. The molecule has 0 unspecified atom stereocenters. The second-order valence-corrected chi connectivity index (χ2v) is 8.07. The van der Waals surface area contributed by atoms with Crippen LogP contribution in [0.2, 0.25) is 0 Å². The van der Waals surface area contributed by atoms with E-state index in [9.17, 15) is 0 Å². The van der Waals surface area contributed by atoms with Crippen molar-refractivity contribution in [3.8, 4) is 0 Å². The maximum Gasteiger partial charge on any atom is 0.0816 e. The topological polar surface area (TPSA) is 24.7 Å². The molecular formula is C19H26N2S2. The number of benzene rings is 1. The Labute approximate surface area is 148 Å². The molecule has 0 N–H and O–H groups in total. The summed E-state index contributed by atoms with van der Waals surface area (Å²) < 4.78 is 0. The van der Waals surface area contributed by atoms with Crippen LogP contribution in [-0.4, -0.2) is 23.9 Å². The van der Waals surface area contributed by atoms with E-state index in [2.05, 4.69) is 25.5 Å². The third-order valence-corrected chi connectivity index (χ3v) is 6.28. The third kappa shape index (κ3) is 3.85. The van der Waals surface area contributed by atoms with Crippen LogP contribution in [0.25, 0.3) is 0 Å². The van der Waals surface area contributed by atoms with Crippen LogP contribution in [0.15, 0.2) is 25.8 Å². The first-order valence-corrected chi connectivity index (χ1v) is 11.1. The Bertz CT molecular complexity index is 579. The summed E-state index contributed by atoms with van der Waals surface area (Å²) >= 11 is 3.61. The van der Waals surface area contributed by atoms with Crippen molar-refractivity contribution in [2.75, 3.05) is 12.5 Å². The maximum absolute atomic E-state index is 5.06. The number of hydrogen-bond donors (Lipinski definition) is 0. The first kappa shape index (κ1) is 17.1. The smallest absolute Gasteiger partial charge is 0.0816 e. The molecule has 0 amide bonds. The lowest BCUT2D eigenvalue weighted by Gasteiger charge is -2.15. The number of aliphatic imine (C=N–C) groups is 2. The first-order valence-electron chi connectivity index (χ1n) is 8.61. The molecular weight excluding hydrogens is 320 g/mol. The summed E-state index contributed by atoms with van der Waals surface area (Å²) in [6.45, 7) is 2.21. The van der Waals surface area contributed by atoms with Gasteiger partial charge in [0.25, 0.3) is 0 Å². The van der Waals surface area contributed by atoms with Gasteiger partial charge in [-0.1, -0.05) is 0 Å². The van der Waals surface area contributed by atoms with Gasteiger partial charge in [-0.15, -0.1) is 23.5 Å². The molecule has 0 atom stereocenters. The molecule has 23 heavy (non-hydrogen) atoms. The van der Waals surface area contributed by atoms with Crippen LogP contribution < -0.4 is 0 Å². The molecule has 0 aromatic heterocycles. The van der Waals surface area contributed by atoms with Crippen LogP contribution in [0, 0.1) is 6.92 Å². The molecule has 2 fully saturated rings. The molecule has 0 spiro atoms. The standard InChI is InChI=1S/C19H26N2S2/c1-13-18(20-14-8-4-5-9-14)16(22-2)12-17(23-3)19(13)21-15-10-6-7-11-15/h12H,4-11H2,1-3H3. The normalized spacial score (nSPS) is 17.9. The van der Waals surface area contributed by atoms with Gasteiger partial charge in [-0.05, 0) is 76.9 Å². The predicted molar refractivity (Wildman–Crippen MR) is 106 cm³/mol. The van der Waals surface area contributed by atoms with E-state index in [4.69, 9.17) is 9.98 Å². The molecule has 2 nitrogen and oxygen atoms in total. The van der Waals surface area contributed by atoms with Gasteiger partial charge in [0.1, 0.15) is 0 Å². The van der Waals surface area contributed by atoms with Crippen molar-refractivity contribution >= 4 is 46.3 Å². The number of thioether (sulfide) groups is 2. The minimum Gasteiger partial charge on any atom is -0.256 e. The molecule has 4 heteroatoms. The Hall–Kier alpha value is -0.740. The highest BCUT2D eigenvalue weighted by Gasteiger charge is 2.18. The van der Waals surface area contributed by atoms with E-state index in [0.29, 0.717) is 0 Å². The zero-order valence-electron chi connectivity index (χ0n) is 14.4. The summed E-state index contributed by atoms with van der Waals surface area (Å²) in [6.07, 6.45) is 14.2. The van der Waals surface area contributed by atoms with Crippen molar-refractivity contribution in [1.29, 1.82) is 0 Å². The van der Waals surface area contributed by atoms with Crippen molar-refractivity contribution in [1.82, 2.24) is 0 Å². The Balaban J connectivity index is 2.10. The maximum atomic E-state index is 5.06. The van der Waals surface area contributed by atoms with Gasteiger partial charge in [0.2, 0.25) is 0 Å². The summed E-state index contributed by atoms with van der Waals surface area (Å²) in [6, 6.07) is 2.30. The van der Waals surface area contributed by atoms with Gasteiger partial charge >= 0.3 is 0 Å². The van der Waals surface area contributed by atoms with Crippen LogP contribution in [-0.2, 0) is 0 Å². The van der Waals surface area contributed by atoms with Gasteiger partial charge in [-0.3, -0.25) is 9.98 Å². The van der Waals surface area contributed by atoms with Gasteiger partial charge in [0.15, 0.2) is 0 Å². The second-order valence-electron chi connectivity index (χ2n) is 6.37. The number of rotatable bonds is 4. The van der Waals surface area contributed by atoms with E-state index in [1.165, 1.54) is 89.5 Å². The van der Waals surface area contributed by atoms with Crippen molar-refractivity contribution in [2.24, 2.45) is 9.98 Å². The molecule has 2 aliphatic carbocycles. The van der Waals surface area contributed by atoms with Gasteiger partial charge in [0.05, 0.1) is 11.4 Å². The minimum absolute atomic E-state index is 1.17. The average Bonchev–Trinajstić information content (AvgIpc) is 3.25. The molecule has 1 aromatic carbocycles. The molecule has 0 aliphatic heterocycles. The van der Waals surface area contributed by atoms with E-state index in [1.54, 1.807) is 23.5 Å². The lowest BCUT2D eigenvalue weighted by Crippen LogP contribution is -1.93. The number of nitrogens with zero attached hydrogens (tertiary/aromatic N) is 2. The summed E-state index contributed by atoms with van der Waals surface area (Å²) in [5, 5.41) is 0. The molecule has 3 rings (SSSR count). The van der Waals surface area contributed by atoms with E-state index >= 15 is 0 Å². The van der Waals surface area contributed by atoms with E-state index in [1.807, 2.05) is 0 Å². The summed E-state index contributed by atoms with van der Waals surface area (Å²) in [4.78, 5) is 12.7. The fraction of sp³-hybridized carbons (Fsp3) is 0.579. The second kappa shape index (κ2) is 7.89. The highest BCUT2D eigenvalue weighted by atomic mass is 32.2. The van der Waals surface area contributed by atoms with Crippen molar-refractivity contribution < 1.29 is 0 Å². The predicted octanol–water partition coefficient (Wildman–Crippen LogP) is 6.73. The first-order chi connectivity index (χ1) is 11.2. The highest BCUT2D eigenvalue weighted by molar-refractivity contribution is 7.99. The Morgan fingerprint density at radius 3 is 1.48 bits per heavy atom. The van der Waals surface area contributed by atoms with Gasteiger partial charge in [-0.25, -0.2) is 0 Å². The molecule has 0 saturated heterocycles. The lowest BCUT2D eigenvalue weighted by molar-refractivity contribution is 0.886. The zero-order chi connectivity index (χ0) is 16.2. The van der Waals surface area contributed by atoms with Crippen molar-refractivity contribution in [2.45, 2.75) is 68.1 Å². The van der Waals surface area contributed by atoms with Crippen LogP contribution in [0.3, 0.4) is 0 Å². The average molecular weight is 347 g/mol. The monoisotopic (exact) mass is 346 g/mol. The van der Waals surface area contributed by atoms with Crippen LogP contribution >= 0.6 is 23.5 Å². The van der Waals surface area contributed by atoms with Gasteiger partial charge < -0.3 is 0 Å². The highest BCUT2D eigenvalue weighted by Crippen LogP contribution is 2.44. The Kier molecular flexibility index (Phi) is 5.86. The molecule has 124 valence electrons. The molecule has 2 aliphatic rings. The van der Waals surface area contributed by atoms with E-state index in [-0.39, 0.29) is 0 Å². The van der Waals surface area contributed by atoms with E-state index < -0.39 is 0 Å². The van der Waals surface area contributed by atoms with Crippen LogP contribution in [0.1, 0.15) is 56.9 Å². The van der Waals surface area contributed by atoms with Crippen molar-refractivity contribution in [3.05, 3.63) is 11.6 Å². The van der Waals surface area contributed by atoms with E-state index in [0.717, 1.165) is 0 Å². The largest absolute Gasteiger partial charge is 0.256 e. The molecule has 0 heterocycles. The lowest BCUT2D eigenvalue weighted by atomic mass is 10.1. The number of hydrogen-bond acceptors (Lipinski definition) is 4. The molecule has 2 saturated carbocycles. The van der Waals surface area contributed by atoms with Gasteiger partial charge in [-0.2, -0.15) is 0 Å². The quantitative estimate of drug-likeness (QED) is 0.564. The molecule has 0 radical (unpaired) electrons. The Morgan fingerprint density at radius 1 is 0.739 bits per heavy atom. The third-order valence-electron chi connectivity index (χ3n) is 4.78. The Morgan fingerprint density at radius 2 is 1.13 bits per heavy atom. The summed E-state index contributed by atoms with van der Waals surface area (Å²) in [7, 11) is 0.